The SMILES string of the molecule is CCN1CCN(c2ccc(Nc3ncc([N+](=O)[O-])c(C)n3)c(C)c2)CC1. The lowest BCUT2D eigenvalue weighted by atomic mass is 10.1. The third-order valence-corrected chi connectivity index (χ3v) is 4.79. The fraction of sp³-hybridized carbons (Fsp3) is 0.444. The van der Waals surface area contributed by atoms with E-state index >= 15 is 0 Å². The first kappa shape index (κ1) is 18.1. The van der Waals surface area contributed by atoms with E-state index in [9.17, 15) is 10.1 Å². The molecule has 1 N–H and O–H groups in total. The molecule has 1 saturated heterocycles. The molecule has 8 heteroatoms. The Labute approximate surface area is 153 Å². The van der Waals surface area contributed by atoms with Crippen LogP contribution in [0, 0.1) is 24.0 Å². The molecule has 0 radical (unpaired) electrons. The van der Waals surface area contributed by atoms with Crippen molar-refractivity contribution in [1.29, 1.82) is 0 Å². The van der Waals surface area contributed by atoms with Crippen LogP contribution in [-0.2, 0) is 0 Å². The summed E-state index contributed by atoms with van der Waals surface area (Å²) < 4.78 is 0. The van der Waals surface area contributed by atoms with Crippen molar-refractivity contribution in [3.05, 3.63) is 45.8 Å². The zero-order valence-corrected chi connectivity index (χ0v) is 15.4. The first-order valence-corrected chi connectivity index (χ1v) is 8.81. The average molecular weight is 356 g/mol. The molecule has 1 aliphatic rings. The summed E-state index contributed by atoms with van der Waals surface area (Å²) in [4.78, 5) is 23.5. The van der Waals surface area contributed by atoms with Crippen LogP contribution in [0.3, 0.4) is 0 Å². The van der Waals surface area contributed by atoms with Gasteiger partial charge in [0.15, 0.2) is 0 Å². The van der Waals surface area contributed by atoms with Gasteiger partial charge in [0.1, 0.15) is 11.9 Å². The molecule has 2 heterocycles. The summed E-state index contributed by atoms with van der Waals surface area (Å²) in [7, 11) is 0. The highest BCUT2D eigenvalue weighted by molar-refractivity contribution is 5.64. The number of hydrogen-bond donors (Lipinski definition) is 1. The normalized spacial score (nSPS) is 15.1. The van der Waals surface area contributed by atoms with Crippen LogP contribution in [-0.4, -0.2) is 52.5 Å². The van der Waals surface area contributed by atoms with E-state index in [4.69, 9.17) is 0 Å². The lowest BCUT2D eigenvalue weighted by molar-refractivity contribution is -0.386. The number of piperazine rings is 1. The second-order valence-electron chi connectivity index (χ2n) is 6.47. The zero-order valence-electron chi connectivity index (χ0n) is 15.4. The number of aromatic nitrogens is 2. The fourth-order valence-corrected chi connectivity index (χ4v) is 3.13. The fourth-order valence-electron chi connectivity index (χ4n) is 3.13. The van der Waals surface area contributed by atoms with E-state index in [2.05, 4.69) is 44.1 Å². The van der Waals surface area contributed by atoms with Gasteiger partial charge in [0, 0.05) is 37.6 Å². The number of hydrogen-bond acceptors (Lipinski definition) is 7. The van der Waals surface area contributed by atoms with E-state index in [1.54, 1.807) is 6.92 Å². The summed E-state index contributed by atoms with van der Waals surface area (Å²) in [5, 5.41) is 14.0. The molecule has 0 bridgehead atoms. The Balaban J connectivity index is 1.72. The summed E-state index contributed by atoms with van der Waals surface area (Å²) >= 11 is 0. The van der Waals surface area contributed by atoms with Crippen molar-refractivity contribution in [3.63, 3.8) is 0 Å². The molecular weight excluding hydrogens is 332 g/mol. The lowest BCUT2D eigenvalue weighted by Gasteiger charge is -2.35. The average Bonchev–Trinajstić information content (AvgIpc) is 2.63. The van der Waals surface area contributed by atoms with E-state index in [0.29, 0.717) is 11.6 Å². The van der Waals surface area contributed by atoms with E-state index in [0.717, 1.165) is 44.0 Å². The minimum absolute atomic E-state index is 0.0751. The summed E-state index contributed by atoms with van der Waals surface area (Å²) in [6.07, 6.45) is 1.24. The van der Waals surface area contributed by atoms with Gasteiger partial charge in [-0.1, -0.05) is 6.92 Å². The van der Waals surface area contributed by atoms with Crippen LogP contribution in [0.5, 0.6) is 0 Å². The second-order valence-corrected chi connectivity index (χ2v) is 6.47. The van der Waals surface area contributed by atoms with Gasteiger partial charge in [-0.2, -0.15) is 0 Å². The number of nitrogens with zero attached hydrogens (tertiary/aromatic N) is 5. The Hall–Kier alpha value is -2.74. The third kappa shape index (κ3) is 3.91. The molecule has 0 saturated carbocycles. The molecule has 0 spiro atoms. The Kier molecular flexibility index (Phi) is 5.32. The number of benzene rings is 1. The number of anilines is 3. The van der Waals surface area contributed by atoms with Gasteiger partial charge < -0.3 is 15.1 Å². The van der Waals surface area contributed by atoms with Gasteiger partial charge in [-0.15, -0.1) is 0 Å². The Bertz CT molecular complexity index is 802. The maximum Gasteiger partial charge on any atom is 0.308 e. The van der Waals surface area contributed by atoms with Crippen molar-refractivity contribution in [2.45, 2.75) is 20.8 Å². The van der Waals surface area contributed by atoms with Gasteiger partial charge in [-0.25, -0.2) is 9.97 Å². The first-order chi connectivity index (χ1) is 12.5. The molecule has 0 unspecified atom stereocenters. The minimum atomic E-state index is -0.475. The van der Waals surface area contributed by atoms with Crippen LogP contribution in [0.15, 0.2) is 24.4 Å². The number of aryl methyl sites for hydroxylation is 2. The molecule has 1 aliphatic heterocycles. The highest BCUT2D eigenvalue weighted by atomic mass is 16.6. The van der Waals surface area contributed by atoms with Crippen molar-refractivity contribution in [1.82, 2.24) is 14.9 Å². The van der Waals surface area contributed by atoms with Gasteiger partial charge in [0.25, 0.3) is 0 Å². The predicted octanol–water partition coefficient (Wildman–Crippen LogP) is 2.89. The minimum Gasteiger partial charge on any atom is -0.369 e. The van der Waals surface area contributed by atoms with Gasteiger partial charge in [0.2, 0.25) is 5.95 Å². The van der Waals surface area contributed by atoms with Crippen LogP contribution in [0.2, 0.25) is 0 Å². The predicted molar refractivity (Wildman–Crippen MR) is 102 cm³/mol. The van der Waals surface area contributed by atoms with Crippen molar-refractivity contribution < 1.29 is 4.92 Å². The lowest BCUT2D eigenvalue weighted by Crippen LogP contribution is -2.46. The topological polar surface area (TPSA) is 87.4 Å². The largest absolute Gasteiger partial charge is 0.369 e. The summed E-state index contributed by atoms with van der Waals surface area (Å²) in [5.74, 6) is 0.362. The van der Waals surface area contributed by atoms with E-state index in [1.165, 1.54) is 11.9 Å². The van der Waals surface area contributed by atoms with E-state index in [1.807, 2.05) is 13.0 Å². The standard InChI is InChI=1S/C18H24N6O2/c1-4-22-7-9-23(10-8-22)15-5-6-16(13(2)11-15)21-18-19-12-17(24(25)26)14(3)20-18/h5-6,11-12H,4,7-10H2,1-3H3,(H,19,20,21). The highest BCUT2D eigenvalue weighted by Crippen LogP contribution is 2.26. The molecule has 0 amide bonds. The van der Waals surface area contributed by atoms with E-state index in [-0.39, 0.29) is 5.69 Å². The van der Waals surface area contributed by atoms with Crippen LogP contribution >= 0.6 is 0 Å². The van der Waals surface area contributed by atoms with Crippen LogP contribution < -0.4 is 10.2 Å². The molecular formula is C18H24N6O2. The molecule has 1 aromatic carbocycles. The molecule has 0 aliphatic carbocycles. The first-order valence-electron chi connectivity index (χ1n) is 8.81. The van der Waals surface area contributed by atoms with Crippen LogP contribution in [0.4, 0.5) is 23.0 Å². The molecule has 138 valence electrons. The van der Waals surface area contributed by atoms with Crippen molar-refractivity contribution in [2.75, 3.05) is 42.9 Å². The molecule has 2 aromatic rings. The van der Waals surface area contributed by atoms with Crippen LogP contribution in [0.25, 0.3) is 0 Å². The number of likely N-dealkylation sites (N-methyl/N-ethyl adjacent to an activating group) is 1. The summed E-state index contributed by atoms with van der Waals surface area (Å²) in [5.41, 5.74) is 3.46. The van der Waals surface area contributed by atoms with Crippen molar-refractivity contribution in [3.8, 4) is 0 Å². The Morgan fingerprint density at radius 2 is 1.96 bits per heavy atom. The maximum absolute atomic E-state index is 10.9. The summed E-state index contributed by atoms with van der Waals surface area (Å²) in [6.45, 7) is 11.2. The highest BCUT2D eigenvalue weighted by Gasteiger charge is 2.17. The van der Waals surface area contributed by atoms with E-state index < -0.39 is 4.92 Å². The van der Waals surface area contributed by atoms with Crippen molar-refractivity contribution >= 4 is 23.0 Å². The number of nitro groups is 1. The Morgan fingerprint density at radius 3 is 2.54 bits per heavy atom. The van der Waals surface area contributed by atoms with Crippen LogP contribution in [0.1, 0.15) is 18.2 Å². The Morgan fingerprint density at radius 1 is 1.23 bits per heavy atom. The van der Waals surface area contributed by atoms with Crippen molar-refractivity contribution in [2.24, 2.45) is 0 Å². The maximum atomic E-state index is 10.9. The molecule has 1 aromatic heterocycles. The van der Waals surface area contributed by atoms with Gasteiger partial charge in [-0.3, -0.25) is 10.1 Å². The smallest absolute Gasteiger partial charge is 0.308 e. The molecule has 1 fully saturated rings. The van der Waals surface area contributed by atoms with Gasteiger partial charge in [-0.05, 0) is 44.2 Å². The quantitative estimate of drug-likeness (QED) is 0.651. The third-order valence-electron chi connectivity index (χ3n) is 4.79. The summed E-state index contributed by atoms with van der Waals surface area (Å²) in [6, 6.07) is 6.26. The van der Waals surface area contributed by atoms with Gasteiger partial charge >= 0.3 is 5.69 Å². The number of nitrogens with one attached hydrogen (secondary N) is 1. The van der Waals surface area contributed by atoms with Gasteiger partial charge in [0.05, 0.1) is 4.92 Å². The zero-order chi connectivity index (χ0) is 18.7. The number of rotatable bonds is 5. The molecule has 8 nitrogen and oxygen atoms in total. The molecule has 3 rings (SSSR count). The molecule has 0 atom stereocenters. The second kappa shape index (κ2) is 7.65. The molecule has 26 heavy (non-hydrogen) atoms. The monoisotopic (exact) mass is 356 g/mol.